The first-order chi connectivity index (χ1) is 12.1. The van der Waals surface area contributed by atoms with E-state index in [1.54, 1.807) is 0 Å². The van der Waals surface area contributed by atoms with Crippen LogP contribution in [0.3, 0.4) is 0 Å². The number of rotatable bonds is 5. The summed E-state index contributed by atoms with van der Waals surface area (Å²) in [7, 11) is 0. The third-order valence-corrected chi connectivity index (χ3v) is 5.49. The van der Waals surface area contributed by atoms with Crippen molar-refractivity contribution in [3.63, 3.8) is 0 Å². The number of hydrogen-bond donors (Lipinski definition) is 2. The van der Waals surface area contributed by atoms with E-state index in [-0.39, 0.29) is 5.91 Å². The molecule has 1 atom stereocenters. The maximum absolute atomic E-state index is 12.4. The van der Waals surface area contributed by atoms with Gasteiger partial charge in [0.2, 0.25) is 5.91 Å². The second-order valence-corrected chi connectivity index (χ2v) is 7.60. The Balaban J connectivity index is 1.41. The number of anilines is 1. The Morgan fingerprint density at radius 3 is 2.48 bits per heavy atom. The zero-order valence-corrected chi connectivity index (χ0v) is 15.7. The molecule has 1 unspecified atom stereocenters. The summed E-state index contributed by atoms with van der Waals surface area (Å²) in [6.07, 6.45) is 2.66. The van der Waals surface area contributed by atoms with E-state index in [9.17, 15) is 4.79 Å². The van der Waals surface area contributed by atoms with Crippen LogP contribution in [0.2, 0.25) is 0 Å². The molecule has 1 amide bonds. The molecule has 2 N–H and O–H groups in total. The van der Waals surface area contributed by atoms with Gasteiger partial charge in [-0.15, -0.1) is 0 Å². The Labute approximate surface area is 151 Å². The molecule has 0 aliphatic carbocycles. The van der Waals surface area contributed by atoms with Crippen LogP contribution in [0, 0.1) is 19.8 Å². The first-order valence-electron chi connectivity index (χ1n) is 9.63. The average Bonchev–Trinajstić information content (AvgIpc) is 2.61. The normalized spacial score (nSPS) is 22.7. The summed E-state index contributed by atoms with van der Waals surface area (Å²) in [6, 6.07) is 6.12. The SMILES string of the molecule is Cc1cccc(C)c1NC(=O)CN1CCN(CC2CCCNC2)CC1. The largest absolute Gasteiger partial charge is 0.324 e. The van der Waals surface area contributed by atoms with Crippen LogP contribution in [0.25, 0.3) is 0 Å². The lowest BCUT2D eigenvalue weighted by molar-refractivity contribution is -0.117. The van der Waals surface area contributed by atoms with E-state index in [4.69, 9.17) is 0 Å². The van der Waals surface area contributed by atoms with Crippen molar-refractivity contribution in [2.24, 2.45) is 5.92 Å². The predicted molar refractivity (Wildman–Crippen MR) is 103 cm³/mol. The molecular formula is C20H32N4O. The number of carbonyl (C=O) groups excluding carboxylic acids is 1. The molecule has 2 aliphatic heterocycles. The van der Waals surface area contributed by atoms with Crippen molar-refractivity contribution in [1.29, 1.82) is 0 Å². The molecule has 138 valence electrons. The number of nitrogens with one attached hydrogen (secondary N) is 2. The lowest BCUT2D eigenvalue weighted by Gasteiger charge is -2.37. The van der Waals surface area contributed by atoms with Crippen LogP contribution < -0.4 is 10.6 Å². The van der Waals surface area contributed by atoms with Crippen LogP contribution in [-0.2, 0) is 4.79 Å². The molecule has 5 nitrogen and oxygen atoms in total. The number of hydrogen-bond acceptors (Lipinski definition) is 4. The number of piperidine rings is 1. The quantitative estimate of drug-likeness (QED) is 0.856. The van der Waals surface area contributed by atoms with Crippen molar-refractivity contribution < 1.29 is 4.79 Å². The van der Waals surface area contributed by atoms with Crippen LogP contribution in [0.1, 0.15) is 24.0 Å². The smallest absolute Gasteiger partial charge is 0.238 e. The summed E-state index contributed by atoms with van der Waals surface area (Å²) >= 11 is 0. The van der Waals surface area contributed by atoms with Gasteiger partial charge in [-0.3, -0.25) is 9.69 Å². The van der Waals surface area contributed by atoms with Crippen LogP contribution >= 0.6 is 0 Å². The molecule has 5 heteroatoms. The highest BCUT2D eigenvalue weighted by Gasteiger charge is 2.22. The number of aryl methyl sites for hydroxylation is 2. The number of benzene rings is 1. The Bertz CT molecular complexity index is 555. The number of para-hydroxylation sites is 1. The zero-order chi connectivity index (χ0) is 17.6. The van der Waals surface area contributed by atoms with Crippen molar-refractivity contribution in [3.8, 4) is 0 Å². The van der Waals surface area contributed by atoms with Crippen LogP contribution in [0.15, 0.2) is 18.2 Å². The van der Waals surface area contributed by atoms with Gasteiger partial charge >= 0.3 is 0 Å². The van der Waals surface area contributed by atoms with Gasteiger partial charge < -0.3 is 15.5 Å². The van der Waals surface area contributed by atoms with E-state index in [1.807, 2.05) is 32.0 Å². The van der Waals surface area contributed by atoms with E-state index >= 15 is 0 Å². The van der Waals surface area contributed by atoms with E-state index in [0.717, 1.165) is 48.9 Å². The van der Waals surface area contributed by atoms with Gasteiger partial charge in [0, 0.05) is 38.4 Å². The van der Waals surface area contributed by atoms with E-state index < -0.39 is 0 Å². The molecule has 2 fully saturated rings. The first kappa shape index (κ1) is 18.4. The Morgan fingerprint density at radius 1 is 1.16 bits per heavy atom. The third kappa shape index (κ3) is 5.27. The fourth-order valence-electron chi connectivity index (χ4n) is 3.97. The van der Waals surface area contributed by atoms with E-state index in [2.05, 4.69) is 20.4 Å². The van der Waals surface area contributed by atoms with Gasteiger partial charge in [0.1, 0.15) is 0 Å². The van der Waals surface area contributed by atoms with Gasteiger partial charge in [-0.05, 0) is 56.8 Å². The van der Waals surface area contributed by atoms with Gasteiger partial charge in [0.05, 0.1) is 6.54 Å². The molecule has 0 radical (unpaired) electrons. The number of piperazine rings is 1. The predicted octanol–water partition coefficient (Wildman–Crippen LogP) is 1.86. The van der Waals surface area contributed by atoms with E-state index in [0.29, 0.717) is 6.54 Å². The molecule has 0 bridgehead atoms. The Morgan fingerprint density at radius 2 is 1.84 bits per heavy atom. The monoisotopic (exact) mass is 344 g/mol. The molecule has 2 saturated heterocycles. The number of nitrogens with zero attached hydrogens (tertiary/aromatic N) is 2. The fourth-order valence-corrected chi connectivity index (χ4v) is 3.97. The molecule has 2 heterocycles. The number of amides is 1. The average molecular weight is 345 g/mol. The third-order valence-electron chi connectivity index (χ3n) is 5.49. The standard InChI is InChI=1S/C20H32N4O/c1-16-5-3-6-17(2)20(16)22-19(25)15-24-11-9-23(10-12-24)14-18-7-4-8-21-13-18/h3,5-6,18,21H,4,7-15H2,1-2H3,(H,22,25). The maximum atomic E-state index is 12.4. The van der Waals surface area contributed by atoms with Crippen molar-refractivity contribution in [2.45, 2.75) is 26.7 Å². The van der Waals surface area contributed by atoms with Crippen molar-refractivity contribution in [1.82, 2.24) is 15.1 Å². The number of carbonyl (C=O) groups is 1. The van der Waals surface area contributed by atoms with Gasteiger partial charge in [-0.1, -0.05) is 18.2 Å². The molecule has 1 aromatic carbocycles. The van der Waals surface area contributed by atoms with Gasteiger partial charge in [-0.2, -0.15) is 0 Å². The van der Waals surface area contributed by atoms with Crippen LogP contribution in [0.5, 0.6) is 0 Å². The molecule has 2 aliphatic rings. The first-order valence-corrected chi connectivity index (χ1v) is 9.63. The summed E-state index contributed by atoms with van der Waals surface area (Å²) in [5.41, 5.74) is 3.22. The highest BCUT2D eigenvalue weighted by molar-refractivity contribution is 5.93. The minimum absolute atomic E-state index is 0.0994. The van der Waals surface area contributed by atoms with Gasteiger partial charge in [0.15, 0.2) is 0 Å². The zero-order valence-electron chi connectivity index (χ0n) is 15.7. The molecule has 0 aromatic heterocycles. The molecule has 3 rings (SSSR count). The summed E-state index contributed by atoms with van der Waals surface area (Å²) in [6.45, 7) is 12.3. The molecule has 1 aromatic rings. The van der Waals surface area contributed by atoms with Gasteiger partial charge in [0.25, 0.3) is 0 Å². The van der Waals surface area contributed by atoms with Crippen molar-refractivity contribution >= 4 is 11.6 Å². The lowest BCUT2D eigenvalue weighted by Crippen LogP contribution is -2.50. The summed E-state index contributed by atoms with van der Waals surface area (Å²) in [5, 5.41) is 6.60. The van der Waals surface area contributed by atoms with Crippen LogP contribution in [-0.4, -0.2) is 68.1 Å². The minimum Gasteiger partial charge on any atom is -0.324 e. The topological polar surface area (TPSA) is 47.6 Å². The highest BCUT2D eigenvalue weighted by Crippen LogP contribution is 2.19. The summed E-state index contributed by atoms with van der Waals surface area (Å²) in [4.78, 5) is 17.3. The summed E-state index contributed by atoms with van der Waals surface area (Å²) in [5.74, 6) is 0.898. The minimum atomic E-state index is 0.0994. The maximum Gasteiger partial charge on any atom is 0.238 e. The molecule has 0 saturated carbocycles. The van der Waals surface area contributed by atoms with E-state index in [1.165, 1.54) is 32.5 Å². The Hall–Kier alpha value is -1.43. The molecular weight excluding hydrogens is 312 g/mol. The molecule has 25 heavy (non-hydrogen) atoms. The lowest BCUT2D eigenvalue weighted by atomic mass is 9.99. The Kier molecular flexibility index (Phi) is 6.45. The summed E-state index contributed by atoms with van der Waals surface area (Å²) < 4.78 is 0. The molecule has 0 spiro atoms. The van der Waals surface area contributed by atoms with Crippen molar-refractivity contribution in [2.75, 3.05) is 57.7 Å². The fraction of sp³-hybridized carbons (Fsp3) is 0.650. The van der Waals surface area contributed by atoms with Crippen molar-refractivity contribution in [3.05, 3.63) is 29.3 Å². The van der Waals surface area contributed by atoms with Crippen LogP contribution in [0.4, 0.5) is 5.69 Å². The highest BCUT2D eigenvalue weighted by atomic mass is 16.2. The van der Waals surface area contributed by atoms with Gasteiger partial charge in [-0.25, -0.2) is 0 Å². The second-order valence-electron chi connectivity index (χ2n) is 7.60. The second kappa shape index (κ2) is 8.79.